The van der Waals surface area contributed by atoms with Crippen LogP contribution in [0.25, 0.3) is 0 Å². The zero-order chi connectivity index (χ0) is 19.1. The number of benzene rings is 1. The van der Waals surface area contributed by atoms with E-state index in [4.69, 9.17) is 0 Å². The summed E-state index contributed by atoms with van der Waals surface area (Å²) in [5, 5.41) is 10.5. The summed E-state index contributed by atoms with van der Waals surface area (Å²) in [5.74, 6) is 0.456. The van der Waals surface area contributed by atoms with Crippen LogP contribution in [0, 0.1) is 0 Å². The highest BCUT2D eigenvalue weighted by molar-refractivity contribution is 5.51. The molecule has 1 rings (SSSR count). The molecule has 0 spiro atoms. The van der Waals surface area contributed by atoms with Crippen molar-refractivity contribution >= 4 is 0 Å². The van der Waals surface area contributed by atoms with E-state index >= 15 is 0 Å². The third kappa shape index (κ3) is 7.04. The molecule has 0 heterocycles. The molecule has 1 aromatic carbocycles. The summed E-state index contributed by atoms with van der Waals surface area (Å²) in [6.07, 6.45) is 12.0. The van der Waals surface area contributed by atoms with E-state index in [1.54, 1.807) is 0 Å². The maximum Gasteiger partial charge on any atom is 0.119 e. The van der Waals surface area contributed by atoms with Gasteiger partial charge in [-0.2, -0.15) is 0 Å². The average molecular weight is 347 g/mol. The van der Waals surface area contributed by atoms with Gasteiger partial charge in [0.05, 0.1) is 0 Å². The molecule has 0 amide bonds. The van der Waals surface area contributed by atoms with E-state index in [0.29, 0.717) is 5.75 Å². The molecule has 0 aromatic heterocycles. The Hall–Kier alpha value is -0.980. The van der Waals surface area contributed by atoms with Gasteiger partial charge >= 0.3 is 0 Å². The van der Waals surface area contributed by atoms with Crippen molar-refractivity contribution in [3.8, 4) is 5.75 Å². The molecule has 0 bridgehead atoms. The molecule has 1 nitrogen and oxygen atoms in total. The topological polar surface area (TPSA) is 20.2 Å². The summed E-state index contributed by atoms with van der Waals surface area (Å²) >= 11 is 0. The quantitative estimate of drug-likeness (QED) is 0.455. The minimum atomic E-state index is -0.0397. The van der Waals surface area contributed by atoms with Gasteiger partial charge in [0.2, 0.25) is 0 Å². The molecule has 1 aromatic rings. The second-order valence-corrected chi connectivity index (χ2v) is 9.72. The highest BCUT2D eigenvalue weighted by atomic mass is 16.3. The molecule has 25 heavy (non-hydrogen) atoms. The Morgan fingerprint density at radius 1 is 0.680 bits per heavy atom. The van der Waals surface area contributed by atoms with Crippen LogP contribution in [0.5, 0.6) is 5.75 Å². The van der Waals surface area contributed by atoms with E-state index in [2.05, 4.69) is 54.5 Å². The van der Waals surface area contributed by atoms with Gasteiger partial charge in [0.25, 0.3) is 0 Å². The first-order chi connectivity index (χ1) is 11.6. The fourth-order valence-corrected chi connectivity index (χ4v) is 3.91. The van der Waals surface area contributed by atoms with Crippen molar-refractivity contribution in [3.05, 3.63) is 28.8 Å². The van der Waals surface area contributed by atoms with E-state index in [1.807, 2.05) is 6.07 Å². The number of hydrogen-bond acceptors (Lipinski definition) is 1. The number of unbranched alkanes of at least 4 members (excludes halogenated alkanes) is 7. The molecular formula is C24H42O. The van der Waals surface area contributed by atoms with Crippen molar-refractivity contribution in [2.24, 2.45) is 0 Å². The summed E-state index contributed by atoms with van der Waals surface area (Å²) < 4.78 is 0. The Labute approximate surface area is 157 Å². The first-order valence-electron chi connectivity index (χ1n) is 10.4. The molecule has 0 fully saturated rings. The fourth-order valence-electron chi connectivity index (χ4n) is 3.91. The minimum Gasteiger partial charge on any atom is -0.508 e. The lowest BCUT2D eigenvalue weighted by molar-refractivity contribution is 0.433. The highest BCUT2D eigenvalue weighted by Gasteiger charge is 2.30. The fraction of sp³-hybridized carbons (Fsp3) is 0.750. The van der Waals surface area contributed by atoms with Gasteiger partial charge in [0.15, 0.2) is 0 Å². The van der Waals surface area contributed by atoms with Gasteiger partial charge in [-0.05, 0) is 40.9 Å². The van der Waals surface area contributed by atoms with Gasteiger partial charge in [0, 0.05) is 5.56 Å². The van der Waals surface area contributed by atoms with Gasteiger partial charge < -0.3 is 5.11 Å². The first-order valence-corrected chi connectivity index (χ1v) is 10.4. The Balaban J connectivity index is 2.77. The summed E-state index contributed by atoms with van der Waals surface area (Å²) in [5.41, 5.74) is 3.94. The van der Waals surface area contributed by atoms with Gasteiger partial charge in [-0.15, -0.1) is 0 Å². The van der Waals surface area contributed by atoms with Gasteiger partial charge in [-0.3, -0.25) is 0 Å². The van der Waals surface area contributed by atoms with Crippen molar-refractivity contribution in [3.63, 3.8) is 0 Å². The standard InChI is InChI=1S/C24H42O/c1-8-9-10-11-12-13-14-15-16-19-17-18-20(25)22(24(5,6)7)21(19)23(2,3)4/h17-18,25H,8-16H2,1-7H3. The second kappa shape index (κ2) is 9.64. The minimum absolute atomic E-state index is 0.0397. The lowest BCUT2D eigenvalue weighted by Crippen LogP contribution is -2.24. The number of rotatable bonds is 9. The lowest BCUT2D eigenvalue weighted by Gasteiger charge is -2.33. The van der Waals surface area contributed by atoms with Gasteiger partial charge in [0.1, 0.15) is 5.75 Å². The molecule has 0 saturated heterocycles. The highest BCUT2D eigenvalue weighted by Crippen LogP contribution is 2.41. The molecule has 1 N–H and O–H groups in total. The number of aryl methyl sites for hydroxylation is 1. The van der Waals surface area contributed by atoms with E-state index in [9.17, 15) is 5.11 Å². The van der Waals surface area contributed by atoms with Crippen molar-refractivity contribution < 1.29 is 5.11 Å². The number of aromatic hydroxyl groups is 1. The van der Waals surface area contributed by atoms with Crippen LogP contribution < -0.4 is 0 Å². The van der Waals surface area contributed by atoms with Crippen molar-refractivity contribution in [2.75, 3.05) is 0 Å². The first kappa shape index (κ1) is 22.1. The molecule has 1 heteroatoms. The van der Waals surface area contributed by atoms with Gasteiger partial charge in [-0.1, -0.05) is 99.5 Å². The van der Waals surface area contributed by atoms with E-state index in [-0.39, 0.29) is 10.8 Å². The number of phenolic OH excluding ortho intramolecular Hbond substituents is 1. The van der Waals surface area contributed by atoms with Crippen LogP contribution in [-0.4, -0.2) is 5.11 Å². The van der Waals surface area contributed by atoms with E-state index in [0.717, 1.165) is 12.0 Å². The molecule has 0 unspecified atom stereocenters. The molecule has 0 saturated carbocycles. The van der Waals surface area contributed by atoms with Crippen LogP contribution >= 0.6 is 0 Å². The molecular weight excluding hydrogens is 304 g/mol. The largest absolute Gasteiger partial charge is 0.508 e. The molecule has 0 aliphatic carbocycles. The predicted octanol–water partition coefficient (Wildman–Crippen LogP) is 7.67. The number of phenols is 1. The Kier molecular flexibility index (Phi) is 8.51. The van der Waals surface area contributed by atoms with Crippen LogP contribution in [0.1, 0.15) is 117 Å². The zero-order valence-corrected chi connectivity index (χ0v) is 18.0. The molecule has 144 valence electrons. The van der Waals surface area contributed by atoms with Gasteiger partial charge in [-0.25, -0.2) is 0 Å². The van der Waals surface area contributed by atoms with Crippen molar-refractivity contribution in [1.82, 2.24) is 0 Å². The monoisotopic (exact) mass is 346 g/mol. The van der Waals surface area contributed by atoms with Crippen LogP contribution in [0.2, 0.25) is 0 Å². The molecule has 0 radical (unpaired) electrons. The Morgan fingerprint density at radius 3 is 1.64 bits per heavy atom. The van der Waals surface area contributed by atoms with Crippen LogP contribution in [-0.2, 0) is 17.3 Å². The summed E-state index contributed by atoms with van der Waals surface area (Å²) in [4.78, 5) is 0. The smallest absolute Gasteiger partial charge is 0.119 e. The normalized spacial score (nSPS) is 12.6. The zero-order valence-electron chi connectivity index (χ0n) is 18.0. The number of hydrogen-bond donors (Lipinski definition) is 1. The Morgan fingerprint density at radius 2 is 1.16 bits per heavy atom. The maximum atomic E-state index is 10.5. The van der Waals surface area contributed by atoms with Crippen molar-refractivity contribution in [1.29, 1.82) is 0 Å². The molecule has 0 aliphatic rings. The average Bonchev–Trinajstić information content (AvgIpc) is 2.48. The van der Waals surface area contributed by atoms with Crippen molar-refractivity contribution in [2.45, 2.75) is 117 Å². The Bertz CT molecular complexity index is 514. The maximum absolute atomic E-state index is 10.5. The van der Waals surface area contributed by atoms with E-state index in [1.165, 1.54) is 62.5 Å². The van der Waals surface area contributed by atoms with Crippen LogP contribution in [0.3, 0.4) is 0 Å². The molecule has 0 atom stereocenters. The summed E-state index contributed by atoms with van der Waals surface area (Å²) in [7, 11) is 0. The second-order valence-electron chi connectivity index (χ2n) is 9.72. The third-order valence-electron chi connectivity index (χ3n) is 5.07. The van der Waals surface area contributed by atoms with E-state index < -0.39 is 0 Å². The summed E-state index contributed by atoms with van der Waals surface area (Å²) in [6.45, 7) is 15.7. The third-order valence-corrected chi connectivity index (χ3v) is 5.07. The predicted molar refractivity (Wildman–Crippen MR) is 112 cm³/mol. The lowest BCUT2D eigenvalue weighted by atomic mass is 9.72. The SMILES string of the molecule is CCCCCCCCCCc1ccc(O)c(C(C)(C)C)c1C(C)(C)C. The summed E-state index contributed by atoms with van der Waals surface area (Å²) in [6, 6.07) is 4.07. The van der Waals surface area contributed by atoms with Crippen LogP contribution in [0.15, 0.2) is 12.1 Å². The van der Waals surface area contributed by atoms with Crippen LogP contribution in [0.4, 0.5) is 0 Å². The molecule has 0 aliphatic heterocycles.